The average Bonchev–Trinajstić information content (AvgIpc) is 2.89. The zero-order valence-corrected chi connectivity index (χ0v) is 11.0. The summed E-state index contributed by atoms with van der Waals surface area (Å²) in [6.07, 6.45) is 2.11. The second-order valence-corrected chi connectivity index (χ2v) is 5.60. The van der Waals surface area contributed by atoms with Gasteiger partial charge < -0.3 is 11.1 Å². The second-order valence-electron chi connectivity index (χ2n) is 4.68. The van der Waals surface area contributed by atoms with E-state index in [2.05, 4.69) is 28.2 Å². The lowest BCUT2D eigenvalue weighted by molar-refractivity contribution is 0.0935. The van der Waals surface area contributed by atoms with Crippen LogP contribution in [0, 0.1) is 6.92 Å². The first-order valence-corrected chi connectivity index (χ1v) is 6.09. The van der Waals surface area contributed by atoms with Crippen LogP contribution in [0.25, 0.3) is 0 Å². The van der Waals surface area contributed by atoms with Gasteiger partial charge in [0.05, 0.1) is 0 Å². The minimum Gasteiger partial charge on any atom is -0.398 e. The summed E-state index contributed by atoms with van der Waals surface area (Å²) in [5.41, 5.74) is 7.96. The Bertz CT molecular complexity index is 453. The van der Waals surface area contributed by atoms with Crippen LogP contribution >= 0.6 is 15.9 Å². The van der Waals surface area contributed by atoms with Gasteiger partial charge in [-0.1, -0.05) is 15.9 Å². The minimum atomic E-state index is -0.0366. The van der Waals surface area contributed by atoms with E-state index in [4.69, 9.17) is 5.73 Å². The molecule has 1 aromatic carbocycles. The third-order valence-electron chi connectivity index (χ3n) is 3.07. The number of benzene rings is 1. The monoisotopic (exact) mass is 282 g/mol. The van der Waals surface area contributed by atoms with Crippen LogP contribution in [-0.4, -0.2) is 11.4 Å². The zero-order chi connectivity index (χ0) is 11.9. The normalized spacial score (nSPS) is 16.9. The van der Waals surface area contributed by atoms with E-state index in [1.54, 1.807) is 0 Å². The van der Waals surface area contributed by atoms with Gasteiger partial charge in [-0.15, -0.1) is 0 Å². The molecule has 86 valence electrons. The molecular weight excluding hydrogens is 268 g/mol. The highest BCUT2D eigenvalue weighted by molar-refractivity contribution is 9.10. The second kappa shape index (κ2) is 3.77. The Morgan fingerprint density at radius 1 is 1.50 bits per heavy atom. The van der Waals surface area contributed by atoms with E-state index in [0.717, 1.165) is 22.9 Å². The van der Waals surface area contributed by atoms with Crippen molar-refractivity contribution in [1.82, 2.24) is 5.32 Å². The average molecular weight is 283 g/mol. The van der Waals surface area contributed by atoms with E-state index in [1.807, 2.05) is 19.1 Å². The van der Waals surface area contributed by atoms with Crippen LogP contribution < -0.4 is 11.1 Å². The Hall–Kier alpha value is -1.03. The van der Waals surface area contributed by atoms with E-state index in [-0.39, 0.29) is 11.4 Å². The number of anilines is 1. The number of nitrogens with two attached hydrogens (primary N) is 1. The molecule has 1 aliphatic rings. The summed E-state index contributed by atoms with van der Waals surface area (Å²) in [7, 11) is 0. The van der Waals surface area contributed by atoms with Crippen molar-refractivity contribution in [1.29, 1.82) is 0 Å². The van der Waals surface area contributed by atoms with E-state index in [0.29, 0.717) is 11.3 Å². The molecule has 1 aromatic rings. The Morgan fingerprint density at radius 3 is 2.69 bits per heavy atom. The summed E-state index contributed by atoms with van der Waals surface area (Å²) in [6, 6.07) is 3.62. The molecule has 0 heterocycles. The van der Waals surface area contributed by atoms with Gasteiger partial charge in [0.2, 0.25) is 0 Å². The minimum absolute atomic E-state index is 0.000598. The van der Waals surface area contributed by atoms with Gasteiger partial charge >= 0.3 is 0 Å². The summed E-state index contributed by atoms with van der Waals surface area (Å²) in [6.45, 7) is 3.92. The van der Waals surface area contributed by atoms with E-state index >= 15 is 0 Å². The molecular formula is C12H15BrN2O. The molecule has 0 saturated heterocycles. The lowest BCUT2D eigenvalue weighted by Gasteiger charge is -2.14. The van der Waals surface area contributed by atoms with Crippen LogP contribution in [0.1, 0.15) is 35.7 Å². The molecule has 16 heavy (non-hydrogen) atoms. The molecule has 0 aliphatic heterocycles. The third-order valence-corrected chi connectivity index (χ3v) is 3.53. The summed E-state index contributed by atoms with van der Waals surface area (Å²) >= 11 is 3.35. The quantitative estimate of drug-likeness (QED) is 0.820. The standard InChI is InChI=1S/C12H15BrN2O/c1-7-9(5-8(13)6-10(7)14)11(16)15-12(2)3-4-12/h5-6H,3-4,14H2,1-2H3,(H,15,16). The van der Waals surface area contributed by atoms with Crippen molar-refractivity contribution in [3.05, 3.63) is 27.7 Å². The molecule has 0 unspecified atom stereocenters. The molecule has 1 saturated carbocycles. The van der Waals surface area contributed by atoms with Crippen molar-refractivity contribution in [2.45, 2.75) is 32.2 Å². The van der Waals surface area contributed by atoms with Gasteiger partial charge in [0.1, 0.15) is 0 Å². The molecule has 0 aromatic heterocycles. The molecule has 1 aliphatic carbocycles. The maximum Gasteiger partial charge on any atom is 0.252 e. The largest absolute Gasteiger partial charge is 0.398 e. The summed E-state index contributed by atoms with van der Waals surface area (Å²) in [5.74, 6) is -0.0366. The number of rotatable bonds is 2. The molecule has 0 atom stereocenters. The zero-order valence-electron chi connectivity index (χ0n) is 9.43. The fraction of sp³-hybridized carbons (Fsp3) is 0.417. The molecule has 0 bridgehead atoms. The number of carbonyl (C=O) groups excluding carboxylic acids is 1. The van der Waals surface area contributed by atoms with Gasteiger partial charge in [-0.3, -0.25) is 4.79 Å². The van der Waals surface area contributed by atoms with Crippen LogP contribution in [0.2, 0.25) is 0 Å². The van der Waals surface area contributed by atoms with Crippen molar-refractivity contribution in [2.24, 2.45) is 0 Å². The van der Waals surface area contributed by atoms with Gasteiger partial charge in [-0.05, 0) is 44.4 Å². The van der Waals surface area contributed by atoms with Gasteiger partial charge in [0.25, 0.3) is 5.91 Å². The molecule has 1 amide bonds. The number of hydrogen-bond donors (Lipinski definition) is 2. The number of amides is 1. The maximum absolute atomic E-state index is 12.0. The van der Waals surface area contributed by atoms with Crippen molar-refractivity contribution >= 4 is 27.5 Å². The fourth-order valence-corrected chi connectivity index (χ4v) is 2.07. The molecule has 0 radical (unpaired) electrons. The predicted octanol–water partition coefficient (Wildman–Crippen LogP) is 2.62. The van der Waals surface area contributed by atoms with E-state index < -0.39 is 0 Å². The Kier molecular flexibility index (Phi) is 2.70. The highest BCUT2D eigenvalue weighted by Gasteiger charge is 2.39. The summed E-state index contributed by atoms with van der Waals surface area (Å²) in [5, 5.41) is 3.03. The number of halogens is 1. The van der Waals surface area contributed by atoms with Crippen LogP contribution in [0.15, 0.2) is 16.6 Å². The fourth-order valence-electron chi connectivity index (χ4n) is 1.59. The highest BCUT2D eigenvalue weighted by Crippen LogP contribution is 2.35. The predicted molar refractivity (Wildman–Crippen MR) is 68.4 cm³/mol. The topological polar surface area (TPSA) is 55.1 Å². The third kappa shape index (κ3) is 2.21. The number of carbonyl (C=O) groups is 1. The van der Waals surface area contributed by atoms with Crippen LogP contribution in [0.4, 0.5) is 5.69 Å². The lowest BCUT2D eigenvalue weighted by Crippen LogP contribution is -2.34. The first-order valence-electron chi connectivity index (χ1n) is 5.29. The SMILES string of the molecule is Cc1c(N)cc(Br)cc1C(=O)NC1(C)CC1. The smallest absolute Gasteiger partial charge is 0.252 e. The Labute approximate surface area is 104 Å². The highest BCUT2D eigenvalue weighted by atomic mass is 79.9. The van der Waals surface area contributed by atoms with Gasteiger partial charge in [-0.25, -0.2) is 0 Å². The van der Waals surface area contributed by atoms with Crippen molar-refractivity contribution in [3.63, 3.8) is 0 Å². The van der Waals surface area contributed by atoms with Crippen molar-refractivity contribution < 1.29 is 4.79 Å². The van der Waals surface area contributed by atoms with Gasteiger partial charge in [-0.2, -0.15) is 0 Å². The van der Waals surface area contributed by atoms with Crippen molar-refractivity contribution in [3.8, 4) is 0 Å². The van der Waals surface area contributed by atoms with Gasteiger partial charge in [0.15, 0.2) is 0 Å². The van der Waals surface area contributed by atoms with Crippen LogP contribution in [0.5, 0.6) is 0 Å². The summed E-state index contributed by atoms with van der Waals surface area (Å²) < 4.78 is 0.835. The molecule has 2 rings (SSSR count). The Balaban J connectivity index is 2.28. The van der Waals surface area contributed by atoms with E-state index in [1.165, 1.54) is 0 Å². The first-order chi connectivity index (χ1) is 7.41. The first kappa shape index (κ1) is 11.5. The molecule has 4 heteroatoms. The molecule has 3 N–H and O–H groups in total. The van der Waals surface area contributed by atoms with Crippen molar-refractivity contribution in [2.75, 3.05) is 5.73 Å². The summed E-state index contributed by atoms with van der Waals surface area (Å²) in [4.78, 5) is 12.0. The number of nitrogens with one attached hydrogen (secondary N) is 1. The Morgan fingerprint density at radius 2 is 2.12 bits per heavy atom. The number of hydrogen-bond acceptors (Lipinski definition) is 2. The molecule has 1 fully saturated rings. The van der Waals surface area contributed by atoms with Crippen LogP contribution in [0.3, 0.4) is 0 Å². The van der Waals surface area contributed by atoms with Gasteiger partial charge in [0, 0.05) is 21.3 Å². The van der Waals surface area contributed by atoms with E-state index in [9.17, 15) is 4.79 Å². The maximum atomic E-state index is 12.0. The lowest BCUT2D eigenvalue weighted by atomic mass is 10.1. The number of nitrogen functional groups attached to an aromatic ring is 1. The van der Waals surface area contributed by atoms with Crippen LogP contribution in [-0.2, 0) is 0 Å². The molecule has 3 nitrogen and oxygen atoms in total. The molecule has 0 spiro atoms.